The number of benzene rings is 2. The molecule has 1 aliphatic rings. The molecule has 0 aliphatic carbocycles. The maximum Gasteiger partial charge on any atom is 0.247 e. The van der Waals surface area contributed by atoms with Gasteiger partial charge in [0.2, 0.25) is 17.7 Å². The molecule has 5 atom stereocenters. The van der Waals surface area contributed by atoms with E-state index in [4.69, 9.17) is 24.4 Å². The zero-order valence-electron chi connectivity index (χ0n) is 21.6. The highest BCUT2D eigenvalue weighted by Crippen LogP contribution is 2.34. The molecule has 1 saturated heterocycles. The number of ether oxygens (including phenoxy) is 3. The normalized spacial score (nSPS) is 23.1. The molecule has 3 aromatic rings. The van der Waals surface area contributed by atoms with Crippen molar-refractivity contribution in [2.24, 2.45) is 5.73 Å². The lowest BCUT2D eigenvalue weighted by atomic mass is 9.89. The molecule has 39 heavy (non-hydrogen) atoms. The lowest BCUT2D eigenvalue weighted by Crippen LogP contribution is -2.59. The fourth-order valence-electron chi connectivity index (χ4n) is 4.28. The number of nitrogens with two attached hydrogens (primary N) is 1. The SMILES string of the molecule is COCCOCCNC(=O)Cc1nnc(-c2ccc(-c3cccc(C4OC(CO)C(N)C(O)C4O)c3)cc2)o1. The number of aliphatic hydroxyl groups excluding tert-OH is 3. The van der Waals surface area contributed by atoms with Gasteiger partial charge in [0.1, 0.15) is 24.7 Å². The van der Waals surface area contributed by atoms with Gasteiger partial charge in [-0.15, -0.1) is 10.2 Å². The molecule has 0 radical (unpaired) electrons. The molecule has 6 N–H and O–H groups in total. The van der Waals surface area contributed by atoms with Crippen molar-refractivity contribution in [1.29, 1.82) is 0 Å². The number of aromatic nitrogens is 2. The first kappa shape index (κ1) is 28.8. The first-order chi connectivity index (χ1) is 18.9. The summed E-state index contributed by atoms with van der Waals surface area (Å²) in [6.07, 6.45) is -4.13. The highest BCUT2D eigenvalue weighted by Gasteiger charge is 2.43. The molecule has 1 fully saturated rings. The number of carbonyl (C=O) groups is 1. The smallest absolute Gasteiger partial charge is 0.247 e. The highest BCUT2D eigenvalue weighted by molar-refractivity contribution is 5.77. The van der Waals surface area contributed by atoms with Crippen LogP contribution < -0.4 is 11.1 Å². The number of rotatable bonds is 12. The van der Waals surface area contributed by atoms with Gasteiger partial charge in [0, 0.05) is 19.2 Å². The zero-order valence-corrected chi connectivity index (χ0v) is 21.6. The topological polar surface area (TPSA) is 182 Å². The summed E-state index contributed by atoms with van der Waals surface area (Å²) in [7, 11) is 1.59. The second-order valence-electron chi connectivity index (χ2n) is 9.17. The van der Waals surface area contributed by atoms with Crippen LogP contribution in [0.3, 0.4) is 0 Å². The lowest BCUT2D eigenvalue weighted by molar-refractivity contribution is -0.189. The molecule has 1 aromatic heterocycles. The van der Waals surface area contributed by atoms with Crippen LogP contribution in [0.4, 0.5) is 0 Å². The maximum atomic E-state index is 12.1. The van der Waals surface area contributed by atoms with Gasteiger partial charge in [-0.1, -0.05) is 30.3 Å². The van der Waals surface area contributed by atoms with E-state index in [-0.39, 0.29) is 24.8 Å². The molecular formula is C27H34N4O8. The Balaban J connectivity index is 1.37. The van der Waals surface area contributed by atoms with Crippen molar-refractivity contribution in [2.45, 2.75) is 36.9 Å². The first-order valence-electron chi connectivity index (χ1n) is 12.7. The van der Waals surface area contributed by atoms with E-state index in [9.17, 15) is 20.1 Å². The monoisotopic (exact) mass is 542 g/mol. The summed E-state index contributed by atoms with van der Waals surface area (Å²) in [6, 6.07) is 13.9. The average molecular weight is 543 g/mol. The highest BCUT2D eigenvalue weighted by atomic mass is 16.5. The third-order valence-electron chi connectivity index (χ3n) is 6.44. The van der Waals surface area contributed by atoms with Gasteiger partial charge in [-0.05, 0) is 34.9 Å². The second-order valence-corrected chi connectivity index (χ2v) is 9.17. The van der Waals surface area contributed by atoms with E-state index in [2.05, 4.69) is 15.5 Å². The average Bonchev–Trinajstić information content (AvgIpc) is 3.42. The van der Waals surface area contributed by atoms with E-state index in [1.54, 1.807) is 13.2 Å². The Morgan fingerprint density at radius 2 is 1.79 bits per heavy atom. The van der Waals surface area contributed by atoms with Crippen molar-refractivity contribution in [3.05, 3.63) is 60.0 Å². The lowest BCUT2D eigenvalue weighted by Gasteiger charge is -2.41. The number of hydrogen-bond donors (Lipinski definition) is 5. The molecule has 2 heterocycles. The molecule has 0 bridgehead atoms. The van der Waals surface area contributed by atoms with E-state index in [0.717, 1.165) is 11.1 Å². The third kappa shape index (κ3) is 7.25. The summed E-state index contributed by atoms with van der Waals surface area (Å²) in [6.45, 7) is 1.35. The number of aliphatic hydroxyl groups is 3. The van der Waals surface area contributed by atoms with Crippen molar-refractivity contribution < 1.29 is 38.7 Å². The van der Waals surface area contributed by atoms with Crippen molar-refractivity contribution in [1.82, 2.24) is 15.5 Å². The Kier molecular flexibility index (Phi) is 10.1. The second kappa shape index (κ2) is 13.7. The van der Waals surface area contributed by atoms with Crippen LogP contribution in [0.1, 0.15) is 17.6 Å². The Bertz CT molecular complexity index is 1200. The van der Waals surface area contributed by atoms with Crippen LogP contribution in [0.25, 0.3) is 22.6 Å². The van der Waals surface area contributed by atoms with Gasteiger partial charge in [-0.25, -0.2) is 0 Å². The summed E-state index contributed by atoms with van der Waals surface area (Å²) < 4.78 is 21.7. The van der Waals surface area contributed by atoms with E-state index in [0.29, 0.717) is 43.4 Å². The van der Waals surface area contributed by atoms with Crippen molar-refractivity contribution in [3.8, 4) is 22.6 Å². The Labute approximate surface area is 225 Å². The summed E-state index contributed by atoms with van der Waals surface area (Å²) in [5, 5.41) is 41.2. The molecule has 5 unspecified atom stereocenters. The number of hydrogen-bond acceptors (Lipinski definition) is 11. The van der Waals surface area contributed by atoms with Crippen LogP contribution in [0.15, 0.2) is 52.9 Å². The van der Waals surface area contributed by atoms with Gasteiger partial charge in [0.05, 0.1) is 38.6 Å². The molecule has 12 heteroatoms. The van der Waals surface area contributed by atoms with Crippen molar-refractivity contribution in [3.63, 3.8) is 0 Å². The molecule has 12 nitrogen and oxygen atoms in total. The fourth-order valence-corrected chi connectivity index (χ4v) is 4.28. The summed E-state index contributed by atoms with van der Waals surface area (Å²) in [5.74, 6) is 0.247. The van der Waals surface area contributed by atoms with Crippen LogP contribution >= 0.6 is 0 Å². The molecule has 0 spiro atoms. The van der Waals surface area contributed by atoms with Gasteiger partial charge in [-0.2, -0.15) is 0 Å². The van der Waals surface area contributed by atoms with Crippen molar-refractivity contribution >= 4 is 5.91 Å². The van der Waals surface area contributed by atoms with E-state index >= 15 is 0 Å². The summed E-state index contributed by atoms with van der Waals surface area (Å²) in [4.78, 5) is 12.1. The standard InChI is InChI=1S/C27H34N4O8/c1-36-11-12-37-10-9-29-21(33)14-22-30-31-27(39-22)17-7-5-16(6-8-17)18-3-2-4-19(13-18)26-25(35)24(34)23(28)20(15-32)38-26/h2-8,13,20,23-26,32,34-35H,9-12,14-15,28H2,1H3,(H,29,33). The first-order valence-corrected chi connectivity index (χ1v) is 12.7. The van der Waals surface area contributed by atoms with Gasteiger partial charge >= 0.3 is 0 Å². The van der Waals surface area contributed by atoms with Crippen LogP contribution in [0.2, 0.25) is 0 Å². The molecule has 1 aliphatic heterocycles. The van der Waals surface area contributed by atoms with Gasteiger partial charge in [-0.3, -0.25) is 4.79 Å². The number of nitrogens with one attached hydrogen (secondary N) is 1. The van der Waals surface area contributed by atoms with Gasteiger partial charge in [0.15, 0.2) is 0 Å². The fraction of sp³-hybridized carbons (Fsp3) is 0.444. The van der Waals surface area contributed by atoms with Crippen molar-refractivity contribution in [2.75, 3.05) is 40.1 Å². The van der Waals surface area contributed by atoms with E-state index in [1.807, 2.05) is 42.5 Å². The Morgan fingerprint density at radius 3 is 2.54 bits per heavy atom. The minimum absolute atomic E-state index is 0.0399. The molecule has 0 saturated carbocycles. The predicted molar refractivity (Wildman–Crippen MR) is 139 cm³/mol. The maximum absolute atomic E-state index is 12.1. The molecule has 4 rings (SSSR count). The molecule has 2 aromatic carbocycles. The third-order valence-corrected chi connectivity index (χ3v) is 6.44. The number of carbonyl (C=O) groups excluding carboxylic acids is 1. The minimum atomic E-state index is -1.23. The number of amides is 1. The van der Waals surface area contributed by atoms with Crippen LogP contribution in [0.5, 0.6) is 0 Å². The largest absolute Gasteiger partial charge is 0.420 e. The molecular weight excluding hydrogens is 508 g/mol. The van der Waals surface area contributed by atoms with Gasteiger partial charge in [0.25, 0.3) is 0 Å². The number of methoxy groups -OCH3 is 1. The van der Waals surface area contributed by atoms with Crippen LogP contribution in [0, 0.1) is 0 Å². The van der Waals surface area contributed by atoms with Gasteiger partial charge < -0.3 is 45.0 Å². The van der Waals surface area contributed by atoms with E-state index < -0.39 is 30.5 Å². The zero-order chi connectivity index (χ0) is 27.8. The quantitative estimate of drug-likeness (QED) is 0.197. The van der Waals surface area contributed by atoms with Crippen LogP contribution in [-0.4, -0.2) is 95.9 Å². The summed E-state index contributed by atoms with van der Waals surface area (Å²) >= 11 is 0. The molecule has 1 amide bonds. The molecule has 210 valence electrons. The number of nitrogens with zero attached hydrogens (tertiary/aromatic N) is 2. The predicted octanol–water partition coefficient (Wildman–Crippen LogP) is 0.207. The Hall–Kier alpha value is -3.23. The Morgan fingerprint density at radius 1 is 1.03 bits per heavy atom. The van der Waals surface area contributed by atoms with E-state index in [1.165, 1.54) is 0 Å². The minimum Gasteiger partial charge on any atom is -0.420 e. The van der Waals surface area contributed by atoms with Crippen LogP contribution in [-0.2, 0) is 25.4 Å². The summed E-state index contributed by atoms with van der Waals surface area (Å²) in [5.41, 5.74) is 8.95.